The maximum absolute atomic E-state index is 13.3. The topological polar surface area (TPSA) is 93.7 Å². The monoisotopic (exact) mass is 492 g/mol. The van der Waals surface area contributed by atoms with E-state index in [9.17, 15) is 14.4 Å². The molecule has 4 aromatic rings. The number of nitrogens with one attached hydrogen (secondary N) is 2. The fourth-order valence-corrected chi connectivity index (χ4v) is 4.06. The van der Waals surface area contributed by atoms with Gasteiger partial charge in [0.2, 0.25) is 0 Å². The van der Waals surface area contributed by atoms with Crippen LogP contribution >= 0.6 is 0 Å². The van der Waals surface area contributed by atoms with Crippen LogP contribution in [0.25, 0.3) is 0 Å². The molecule has 1 aliphatic heterocycles. The zero-order chi connectivity index (χ0) is 25.8. The van der Waals surface area contributed by atoms with Crippen molar-refractivity contribution in [1.29, 1.82) is 0 Å². The minimum Gasteiger partial charge on any atom is -0.486 e. The minimum atomic E-state index is -0.455. The van der Waals surface area contributed by atoms with Gasteiger partial charge in [0.15, 0.2) is 17.3 Å². The first-order chi connectivity index (χ1) is 18.0. The number of hydrogen-bond acceptors (Lipinski definition) is 5. The molecule has 0 radical (unpaired) electrons. The number of para-hydroxylation sites is 1. The number of aryl methyl sites for hydroxylation is 1. The Morgan fingerprint density at radius 2 is 1.30 bits per heavy atom. The number of anilines is 2. The van der Waals surface area contributed by atoms with Gasteiger partial charge in [0.05, 0.1) is 16.9 Å². The van der Waals surface area contributed by atoms with Crippen molar-refractivity contribution in [2.75, 3.05) is 23.8 Å². The summed E-state index contributed by atoms with van der Waals surface area (Å²) in [7, 11) is 0. The lowest BCUT2D eigenvalue weighted by Crippen LogP contribution is -2.20. The summed E-state index contributed by atoms with van der Waals surface area (Å²) in [5.74, 6) is 0.0396. The fourth-order valence-electron chi connectivity index (χ4n) is 4.06. The van der Waals surface area contributed by atoms with Gasteiger partial charge in [-0.05, 0) is 49.4 Å². The first-order valence-corrected chi connectivity index (χ1v) is 11.8. The molecule has 0 saturated carbocycles. The Balaban J connectivity index is 1.39. The molecule has 2 amide bonds. The highest BCUT2D eigenvalue weighted by atomic mass is 16.6. The number of hydrogen-bond donors (Lipinski definition) is 2. The third-order valence-corrected chi connectivity index (χ3v) is 5.93. The van der Waals surface area contributed by atoms with E-state index in [1.54, 1.807) is 78.9 Å². The molecule has 0 bridgehead atoms. The van der Waals surface area contributed by atoms with Crippen molar-refractivity contribution in [3.8, 4) is 11.5 Å². The normalized spacial score (nSPS) is 11.9. The highest BCUT2D eigenvalue weighted by Crippen LogP contribution is 2.31. The minimum absolute atomic E-state index is 0.195. The molecule has 1 aliphatic rings. The van der Waals surface area contributed by atoms with Gasteiger partial charge in [-0.15, -0.1) is 0 Å². The first-order valence-electron chi connectivity index (χ1n) is 11.8. The lowest BCUT2D eigenvalue weighted by molar-refractivity contribution is 0.102. The van der Waals surface area contributed by atoms with Crippen LogP contribution in [0.15, 0.2) is 91.0 Å². The molecule has 4 aromatic carbocycles. The van der Waals surface area contributed by atoms with Crippen molar-refractivity contribution in [2.45, 2.75) is 6.92 Å². The van der Waals surface area contributed by atoms with E-state index in [4.69, 9.17) is 9.47 Å². The van der Waals surface area contributed by atoms with Crippen LogP contribution in [-0.4, -0.2) is 30.8 Å². The summed E-state index contributed by atoms with van der Waals surface area (Å²) in [4.78, 5) is 39.5. The fraction of sp³-hybridized carbons (Fsp3) is 0.100. The van der Waals surface area contributed by atoms with E-state index >= 15 is 0 Å². The Kier molecular flexibility index (Phi) is 6.68. The van der Waals surface area contributed by atoms with E-state index < -0.39 is 11.8 Å². The highest BCUT2D eigenvalue weighted by molar-refractivity contribution is 6.17. The van der Waals surface area contributed by atoms with E-state index in [-0.39, 0.29) is 11.3 Å². The highest BCUT2D eigenvalue weighted by Gasteiger charge is 2.20. The number of carbonyl (C=O) groups excluding carboxylic acids is 3. The van der Waals surface area contributed by atoms with Crippen molar-refractivity contribution < 1.29 is 23.9 Å². The van der Waals surface area contributed by atoms with Crippen LogP contribution in [0.3, 0.4) is 0 Å². The van der Waals surface area contributed by atoms with Crippen LogP contribution in [-0.2, 0) is 0 Å². The number of ketones is 1. The van der Waals surface area contributed by atoms with Gasteiger partial charge in [0.25, 0.3) is 11.8 Å². The number of benzene rings is 4. The Morgan fingerprint density at radius 3 is 2.11 bits per heavy atom. The van der Waals surface area contributed by atoms with E-state index in [0.29, 0.717) is 52.8 Å². The van der Waals surface area contributed by atoms with Crippen molar-refractivity contribution in [2.24, 2.45) is 0 Å². The number of carbonyl (C=O) groups is 3. The van der Waals surface area contributed by atoms with Gasteiger partial charge in [-0.25, -0.2) is 0 Å². The molecule has 184 valence electrons. The Hall–Kier alpha value is -4.91. The summed E-state index contributed by atoms with van der Waals surface area (Å²) in [6.07, 6.45) is 0. The number of rotatable bonds is 6. The van der Waals surface area contributed by atoms with Crippen molar-refractivity contribution in [3.05, 3.63) is 119 Å². The van der Waals surface area contributed by atoms with Crippen LogP contribution in [0.5, 0.6) is 11.5 Å². The molecule has 0 aliphatic carbocycles. The lowest BCUT2D eigenvalue weighted by atomic mass is 9.99. The Labute approximate surface area is 214 Å². The number of ether oxygens (including phenoxy) is 2. The van der Waals surface area contributed by atoms with Gasteiger partial charge in [0, 0.05) is 16.7 Å². The largest absolute Gasteiger partial charge is 0.486 e. The van der Waals surface area contributed by atoms with Crippen LogP contribution < -0.4 is 20.1 Å². The molecule has 37 heavy (non-hydrogen) atoms. The van der Waals surface area contributed by atoms with Crippen molar-refractivity contribution in [3.63, 3.8) is 0 Å². The Bertz CT molecular complexity index is 1500. The maximum Gasteiger partial charge on any atom is 0.257 e. The summed E-state index contributed by atoms with van der Waals surface area (Å²) in [6.45, 7) is 2.76. The molecule has 0 aromatic heterocycles. The van der Waals surface area contributed by atoms with E-state index in [1.165, 1.54) is 0 Å². The van der Waals surface area contributed by atoms with Gasteiger partial charge in [-0.1, -0.05) is 54.1 Å². The van der Waals surface area contributed by atoms with Gasteiger partial charge < -0.3 is 20.1 Å². The molecule has 7 heteroatoms. The predicted octanol–water partition coefficient (Wildman–Crippen LogP) is 5.50. The van der Waals surface area contributed by atoms with E-state index in [2.05, 4.69) is 10.6 Å². The number of fused-ring (bicyclic) bond motifs is 1. The molecule has 2 N–H and O–H groups in total. The summed E-state index contributed by atoms with van der Waals surface area (Å²) >= 11 is 0. The van der Waals surface area contributed by atoms with Gasteiger partial charge in [0.1, 0.15) is 13.2 Å². The second kappa shape index (κ2) is 10.4. The molecule has 0 fully saturated rings. The van der Waals surface area contributed by atoms with Crippen LogP contribution in [0.1, 0.15) is 42.2 Å². The SMILES string of the molecule is Cc1ccc(NC(=O)c2ccccc2NC(=O)c2ccc3c(c2)OCCO3)c(C(=O)c2ccccc2)c1. The summed E-state index contributed by atoms with van der Waals surface area (Å²) in [5.41, 5.74) is 3.15. The van der Waals surface area contributed by atoms with Gasteiger partial charge in [-0.2, -0.15) is 0 Å². The second-order valence-electron chi connectivity index (χ2n) is 8.56. The van der Waals surface area contributed by atoms with Crippen LogP contribution in [0.4, 0.5) is 11.4 Å². The first kappa shape index (κ1) is 23.8. The molecule has 5 rings (SSSR count). The third-order valence-electron chi connectivity index (χ3n) is 5.93. The predicted molar refractivity (Wildman–Crippen MR) is 141 cm³/mol. The molecule has 0 atom stereocenters. The summed E-state index contributed by atoms with van der Waals surface area (Å²) in [6, 6.07) is 25.8. The maximum atomic E-state index is 13.3. The number of amides is 2. The molecule has 0 spiro atoms. The van der Waals surface area contributed by atoms with Gasteiger partial charge in [-0.3, -0.25) is 14.4 Å². The average molecular weight is 493 g/mol. The van der Waals surface area contributed by atoms with E-state index in [0.717, 1.165) is 5.56 Å². The van der Waals surface area contributed by atoms with Crippen molar-refractivity contribution in [1.82, 2.24) is 0 Å². The summed E-state index contributed by atoms with van der Waals surface area (Å²) in [5, 5.41) is 5.66. The zero-order valence-electron chi connectivity index (χ0n) is 20.1. The zero-order valence-corrected chi connectivity index (χ0v) is 20.1. The van der Waals surface area contributed by atoms with Crippen LogP contribution in [0.2, 0.25) is 0 Å². The quantitative estimate of drug-likeness (QED) is 0.347. The van der Waals surface area contributed by atoms with E-state index in [1.807, 2.05) is 19.1 Å². The standard InChI is InChI=1S/C30H24N2O5/c1-19-11-13-25(23(17-19)28(33)20-7-3-2-4-8-20)32-30(35)22-9-5-6-10-24(22)31-29(34)21-12-14-26-27(18-21)37-16-15-36-26/h2-14,17-18H,15-16H2,1H3,(H,31,34)(H,32,35). The van der Waals surface area contributed by atoms with Crippen molar-refractivity contribution >= 4 is 29.0 Å². The third kappa shape index (κ3) is 5.21. The lowest BCUT2D eigenvalue weighted by Gasteiger charge is -2.19. The molecule has 0 saturated heterocycles. The van der Waals surface area contributed by atoms with Crippen LogP contribution in [0, 0.1) is 6.92 Å². The van der Waals surface area contributed by atoms with Gasteiger partial charge >= 0.3 is 0 Å². The molecular weight excluding hydrogens is 468 g/mol. The Morgan fingerprint density at radius 1 is 0.622 bits per heavy atom. The smallest absolute Gasteiger partial charge is 0.257 e. The second-order valence-corrected chi connectivity index (χ2v) is 8.56. The summed E-state index contributed by atoms with van der Waals surface area (Å²) < 4.78 is 11.1. The molecular formula is C30H24N2O5. The molecule has 7 nitrogen and oxygen atoms in total. The molecule has 1 heterocycles. The average Bonchev–Trinajstić information content (AvgIpc) is 2.94. The molecule has 0 unspecified atom stereocenters.